The number of aliphatic carboxylic acids is 2. The minimum absolute atomic E-state index is 0.647. The number of hydrogen-bond acceptors (Lipinski definition) is 6. The van der Waals surface area contributed by atoms with Gasteiger partial charge in [0.05, 0.1) is 0 Å². The highest BCUT2D eigenvalue weighted by atomic mass is 32.1. The number of nitrogens with zero attached hydrogens (tertiary/aromatic N) is 2. The fourth-order valence-electron chi connectivity index (χ4n) is 4.28. The van der Waals surface area contributed by atoms with E-state index >= 15 is 0 Å². The van der Waals surface area contributed by atoms with E-state index in [9.17, 15) is 26.3 Å². The molecule has 0 atom stereocenters. The van der Waals surface area contributed by atoms with Gasteiger partial charge in [-0.3, -0.25) is 9.80 Å². The third-order valence-electron chi connectivity index (χ3n) is 6.45. The molecule has 14 heteroatoms. The lowest BCUT2D eigenvalue weighted by Crippen LogP contribution is -2.46. The van der Waals surface area contributed by atoms with Gasteiger partial charge in [0, 0.05) is 27.7 Å². The Morgan fingerprint density at radius 3 is 1.55 bits per heavy atom. The molecule has 2 aromatic heterocycles. The van der Waals surface area contributed by atoms with Gasteiger partial charge in [-0.05, 0) is 87.8 Å². The summed E-state index contributed by atoms with van der Waals surface area (Å²) < 4.78 is 63.5. The molecular weight excluding hydrogens is 558 g/mol. The number of alkyl halides is 6. The third kappa shape index (κ3) is 10.9. The summed E-state index contributed by atoms with van der Waals surface area (Å²) in [6, 6.07) is 9.03. The van der Waals surface area contributed by atoms with Crippen LogP contribution in [0.4, 0.5) is 26.3 Å². The zero-order chi connectivity index (χ0) is 28.6. The minimum atomic E-state index is -5.08. The maximum Gasteiger partial charge on any atom is 0.490 e. The van der Waals surface area contributed by atoms with Gasteiger partial charge in [0.1, 0.15) is 0 Å². The summed E-state index contributed by atoms with van der Waals surface area (Å²) in [4.78, 5) is 27.6. The van der Waals surface area contributed by atoms with Gasteiger partial charge in [-0.2, -0.15) is 26.3 Å². The zero-order valence-electron chi connectivity index (χ0n) is 20.6. The van der Waals surface area contributed by atoms with E-state index in [1.165, 1.54) is 73.0 Å². The second kappa shape index (κ2) is 13.8. The number of carbonyl (C=O) groups is 2. The molecule has 2 fully saturated rings. The topological polar surface area (TPSA) is 81.1 Å². The molecule has 0 unspecified atom stereocenters. The van der Waals surface area contributed by atoms with E-state index in [2.05, 4.69) is 46.4 Å². The van der Waals surface area contributed by atoms with E-state index < -0.39 is 24.3 Å². The number of aryl methyl sites for hydroxylation is 1. The highest BCUT2D eigenvalue weighted by molar-refractivity contribution is 7.11. The van der Waals surface area contributed by atoms with E-state index in [1.54, 1.807) is 0 Å². The van der Waals surface area contributed by atoms with Gasteiger partial charge in [0.15, 0.2) is 0 Å². The number of likely N-dealkylation sites (tertiary alicyclic amines) is 2. The summed E-state index contributed by atoms with van der Waals surface area (Å²) in [5.41, 5.74) is 0.647. The molecular formula is C24H30F6N2O4S2. The fraction of sp³-hybridized carbons (Fsp3) is 0.583. The molecule has 2 aliphatic rings. The molecule has 6 nitrogen and oxygen atoms in total. The van der Waals surface area contributed by atoms with E-state index in [0.29, 0.717) is 5.41 Å². The highest BCUT2D eigenvalue weighted by Crippen LogP contribution is 2.42. The summed E-state index contributed by atoms with van der Waals surface area (Å²) >= 11 is 3.86. The third-order valence-corrected chi connectivity index (χ3v) is 8.30. The first-order valence-electron chi connectivity index (χ1n) is 11.7. The van der Waals surface area contributed by atoms with Crippen LogP contribution in [0.5, 0.6) is 0 Å². The Morgan fingerprint density at radius 2 is 1.24 bits per heavy atom. The molecule has 4 heterocycles. The van der Waals surface area contributed by atoms with Crippen molar-refractivity contribution in [2.75, 3.05) is 26.2 Å². The Labute approximate surface area is 224 Å². The number of halogens is 6. The number of carboxylic acids is 2. The first-order valence-corrected chi connectivity index (χ1v) is 13.4. The maximum atomic E-state index is 10.6. The van der Waals surface area contributed by atoms with Crippen LogP contribution in [-0.2, 0) is 22.7 Å². The second-order valence-electron chi connectivity index (χ2n) is 9.25. The lowest BCUT2D eigenvalue weighted by Gasteiger charge is -2.47. The van der Waals surface area contributed by atoms with Crippen molar-refractivity contribution < 1.29 is 46.1 Å². The molecule has 0 radical (unpaired) electrons. The number of carboxylic acid groups (broad SMARTS) is 2. The van der Waals surface area contributed by atoms with Crippen LogP contribution < -0.4 is 0 Å². The Kier molecular flexibility index (Phi) is 11.6. The molecule has 0 aliphatic carbocycles. The zero-order valence-corrected chi connectivity index (χ0v) is 22.3. The van der Waals surface area contributed by atoms with Crippen molar-refractivity contribution in [3.05, 3.63) is 44.3 Å². The normalized spacial score (nSPS) is 18.2. The highest BCUT2D eigenvalue weighted by Gasteiger charge is 2.39. The lowest BCUT2D eigenvalue weighted by molar-refractivity contribution is -0.193. The number of rotatable bonds is 4. The van der Waals surface area contributed by atoms with Crippen molar-refractivity contribution in [1.29, 1.82) is 0 Å². The van der Waals surface area contributed by atoms with Crippen molar-refractivity contribution in [1.82, 2.24) is 9.80 Å². The molecule has 4 rings (SSSR count). The van der Waals surface area contributed by atoms with E-state index in [1.807, 2.05) is 22.7 Å². The average molecular weight is 589 g/mol. The van der Waals surface area contributed by atoms with Crippen molar-refractivity contribution in [3.8, 4) is 0 Å². The van der Waals surface area contributed by atoms with Crippen molar-refractivity contribution in [2.24, 2.45) is 5.41 Å². The van der Waals surface area contributed by atoms with Crippen LogP contribution in [0.2, 0.25) is 0 Å². The molecule has 2 saturated heterocycles. The molecule has 0 saturated carbocycles. The summed E-state index contributed by atoms with van der Waals surface area (Å²) in [6.07, 6.45) is -4.54. The largest absolute Gasteiger partial charge is 0.490 e. The predicted octanol–water partition coefficient (Wildman–Crippen LogP) is 6.26. The first-order chi connectivity index (χ1) is 17.6. The number of piperidine rings is 2. The van der Waals surface area contributed by atoms with Gasteiger partial charge in [-0.25, -0.2) is 9.59 Å². The van der Waals surface area contributed by atoms with E-state index in [0.717, 1.165) is 6.54 Å². The molecule has 0 amide bonds. The van der Waals surface area contributed by atoms with E-state index in [-0.39, 0.29) is 0 Å². The van der Waals surface area contributed by atoms with Crippen molar-refractivity contribution >= 4 is 34.6 Å². The van der Waals surface area contributed by atoms with Gasteiger partial charge in [-0.15, -0.1) is 22.7 Å². The molecule has 2 aliphatic heterocycles. The molecule has 2 N–H and O–H groups in total. The Hall–Kier alpha value is -2.16. The Balaban J connectivity index is 0.000000301. The monoisotopic (exact) mass is 588 g/mol. The average Bonchev–Trinajstić information content (AvgIpc) is 3.48. The van der Waals surface area contributed by atoms with Crippen LogP contribution in [0.3, 0.4) is 0 Å². The smallest absolute Gasteiger partial charge is 0.475 e. The van der Waals surface area contributed by atoms with Crippen LogP contribution in [0.1, 0.15) is 40.3 Å². The molecule has 1 spiro atoms. The van der Waals surface area contributed by atoms with Crippen LogP contribution in [0.15, 0.2) is 29.6 Å². The summed E-state index contributed by atoms with van der Waals surface area (Å²) in [7, 11) is 0. The van der Waals surface area contributed by atoms with Crippen molar-refractivity contribution in [2.45, 2.75) is 58.0 Å². The second-order valence-corrected chi connectivity index (χ2v) is 11.7. The standard InChI is InChI=1S/C20H28N2S2.2C2HF3O2/c1-17-4-5-19(24-17)16-22-12-8-20(9-13-22)6-10-21(11-7-20)15-18-3-2-14-23-18;2*3-2(4,5)1(6)7/h2-5,14H,6-13,15-16H2,1H3;2*(H,6,7). The van der Waals surface area contributed by atoms with Gasteiger partial charge in [0.2, 0.25) is 0 Å². The summed E-state index contributed by atoms with van der Waals surface area (Å²) in [5.74, 6) is -5.51. The van der Waals surface area contributed by atoms with Gasteiger partial charge >= 0.3 is 24.3 Å². The lowest BCUT2D eigenvalue weighted by atomic mass is 9.71. The fourth-order valence-corrected chi connectivity index (χ4v) is 5.96. The Bertz CT molecular complexity index is 982. The van der Waals surface area contributed by atoms with Gasteiger partial charge in [-0.1, -0.05) is 6.07 Å². The maximum absolute atomic E-state index is 10.6. The summed E-state index contributed by atoms with van der Waals surface area (Å²) in [6.45, 7) is 9.72. The Morgan fingerprint density at radius 1 is 0.816 bits per heavy atom. The van der Waals surface area contributed by atoms with Crippen LogP contribution in [0, 0.1) is 12.3 Å². The van der Waals surface area contributed by atoms with Gasteiger partial charge in [0.25, 0.3) is 0 Å². The number of thiophene rings is 2. The first kappa shape index (κ1) is 32.1. The van der Waals surface area contributed by atoms with Crippen LogP contribution in [0.25, 0.3) is 0 Å². The molecule has 0 bridgehead atoms. The summed E-state index contributed by atoms with van der Waals surface area (Å²) in [5, 5.41) is 16.4. The van der Waals surface area contributed by atoms with E-state index in [4.69, 9.17) is 19.8 Å². The molecule has 2 aromatic rings. The van der Waals surface area contributed by atoms with Crippen LogP contribution in [-0.4, -0.2) is 70.5 Å². The molecule has 0 aromatic carbocycles. The number of hydrogen-bond donors (Lipinski definition) is 2. The van der Waals surface area contributed by atoms with Gasteiger partial charge < -0.3 is 10.2 Å². The molecule has 38 heavy (non-hydrogen) atoms. The minimum Gasteiger partial charge on any atom is -0.475 e. The SMILES string of the molecule is Cc1ccc(CN2CCC3(CCN(Cc4cccs4)CC3)CC2)s1.O=C(O)C(F)(F)F.O=C(O)C(F)(F)F. The predicted molar refractivity (Wildman–Crippen MR) is 132 cm³/mol. The quantitative estimate of drug-likeness (QED) is 0.411. The van der Waals surface area contributed by atoms with Crippen LogP contribution >= 0.6 is 22.7 Å². The molecule has 214 valence electrons. The van der Waals surface area contributed by atoms with Crippen molar-refractivity contribution in [3.63, 3.8) is 0 Å².